The highest BCUT2D eigenvalue weighted by Gasteiger charge is 2.31. The molecular weight excluding hydrogens is 316 g/mol. The smallest absolute Gasteiger partial charge is 0.228 e. The predicted octanol–water partition coefficient (Wildman–Crippen LogP) is 1.97. The molecule has 0 atom stereocenters. The Morgan fingerprint density at radius 1 is 1.39 bits per heavy atom. The van der Waals surface area contributed by atoms with Gasteiger partial charge in [-0.05, 0) is 23.6 Å². The van der Waals surface area contributed by atoms with E-state index in [-0.39, 0.29) is 18.3 Å². The summed E-state index contributed by atoms with van der Waals surface area (Å²) >= 11 is 3.58. The standard InChI is InChI=1S/C13H15BrN2O.ClH/c14-12-3-1-2-9-4-5-16(8-11(9)12)13(17)10-6-15-7-10;/h1-3,10,15H,4-8H2;1H. The van der Waals surface area contributed by atoms with E-state index in [2.05, 4.69) is 39.4 Å². The molecule has 3 rings (SSSR count). The molecule has 0 unspecified atom stereocenters. The second-order valence-electron chi connectivity index (χ2n) is 4.74. The van der Waals surface area contributed by atoms with Crippen LogP contribution in [-0.2, 0) is 17.8 Å². The van der Waals surface area contributed by atoms with Crippen LogP contribution in [0.15, 0.2) is 22.7 Å². The lowest BCUT2D eigenvalue weighted by Gasteiger charge is -2.35. The number of rotatable bonds is 1. The van der Waals surface area contributed by atoms with Crippen LogP contribution in [0.25, 0.3) is 0 Å². The Morgan fingerprint density at radius 3 is 2.83 bits per heavy atom. The molecule has 2 aliphatic rings. The van der Waals surface area contributed by atoms with E-state index in [1.165, 1.54) is 11.1 Å². The van der Waals surface area contributed by atoms with Crippen LogP contribution >= 0.6 is 28.3 Å². The summed E-state index contributed by atoms with van der Waals surface area (Å²) in [5, 5.41) is 3.15. The molecule has 0 radical (unpaired) electrons. The zero-order valence-electron chi connectivity index (χ0n) is 9.99. The van der Waals surface area contributed by atoms with Crippen molar-refractivity contribution in [3.63, 3.8) is 0 Å². The van der Waals surface area contributed by atoms with Crippen molar-refractivity contribution in [2.24, 2.45) is 5.92 Å². The highest BCUT2D eigenvalue weighted by molar-refractivity contribution is 9.10. The number of nitrogens with zero attached hydrogens (tertiary/aromatic N) is 1. The van der Waals surface area contributed by atoms with Crippen molar-refractivity contribution >= 4 is 34.2 Å². The molecule has 0 aromatic heterocycles. The van der Waals surface area contributed by atoms with Crippen molar-refractivity contribution in [1.82, 2.24) is 10.2 Å². The third-order valence-corrected chi connectivity index (χ3v) is 4.40. The summed E-state index contributed by atoms with van der Waals surface area (Å²) in [6, 6.07) is 6.28. The van der Waals surface area contributed by atoms with Gasteiger partial charge in [0, 0.05) is 30.7 Å². The van der Waals surface area contributed by atoms with Gasteiger partial charge in [-0.3, -0.25) is 4.79 Å². The number of hydrogen-bond donors (Lipinski definition) is 1. The SMILES string of the molecule is Cl.O=C(C1CNC1)N1CCc2cccc(Br)c2C1. The summed E-state index contributed by atoms with van der Waals surface area (Å²) in [5.74, 6) is 0.518. The maximum atomic E-state index is 12.2. The van der Waals surface area contributed by atoms with Crippen molar-refractivity contribution in [2.45, 2.75) is 13.0 Å². The Kier molecular flexibility index (Phi) is 4.30. The Bertz CT molecular complexity index is 462. The van der Waals surface area contributed by atoms with Crippen LogP contribution in [-0.4, -0.2) is 30.4 Å². The van der Waals surface area contributed by atoms with Crippen LogP contribution in [0.3, 0.4) is 0 Å². The fourth-order valence-electron chi connectivity index (χ4n) is 2.45. The van der Waals surface area contributed by atoms with Gasteiger partial charge in [0.1, 0.15) is 0 Å². The van der Waals surface area contributed by atoms with Crippen LogP contribution in [0, 0.1) is 5.92 Å². The lowest BCUT2D eigenvalue weighted by atomic mass is 9.96. The van der Waals surface area contributed by atoms with E-state index >= 15 is 0 Å². The monoisotopic (exact) mass is 330 g/mol. The Balaban J connectivity index is 0.00000120. The summed E-state index contributed by atoms with van der Waals surface area (Å²) in [6.07, 6.45) is 0.973. The van der Waals surface area contributed by atoms with Gasteiger partial charge in [0.2, 0.25) is 5.91 Å². The maximum absolute atomic E-state index is 12.2. The molecule has 0 bridgehead atoms. The molecule has 1 amide bonds. The molecule has 5 heteroatoms. The molecular formula is C13H16BrClN2O. The van der Waals surface area contributed by atoms with Crippen molar-refractivity contribution < 1.29 is 4.79 Å². The van der Waals surface area contributed by atoms with Crippen molar-refractivity contribution in [3.8, 4) is 0 Å². The second-order valence-corrected chi connectivity index (χ2v) is 5.60. The average molecular weight is 332 g/mol. The molecule has 0 saturated carbocycles. The van der Waals surface area contributed by atoms with Gasteiger partial charge in [-0.1, -0.05) is 28.1 Å². The third kappa shape index (κ3) is 2.42. The number of amides is 1. The fourth-order valence-corrected chi connectivity index (χ4v) is 2.98. The number of carbonyl (C=O) groups is 1. The first kappa shape index (κ1) is 13.8. The van der Waals surface area contributed by atoms with Gasteiger partial charge in [0.05, 0.1) is 5.92 Å². The van der Waals surface area contributed by atoms with E-state index in [0.717, 1.165) is 37.1 Å². The normalized spacial score (nSPS) is 18.6. The molecule has 1 aromatic rings. The highest BCUT2D eigenvalue weighted by Crippen LogP contribution is 2.27. The van der Waals surface area contributed by atoms with Gasteiger partial charge in [0.15, 0.2) is 0 Å². The lowest BCUT2D eigenvalue weighted by molar-refractivity contribution is -0.138. The van der Waals surface area contributed by atoms with E-state index in [1.54, 1.807) is 0 Å². The average Bonchev–Trinajstić information content (AvgIpc) is 2.27. The Hall–Kier alpha value is -0.580. The fraction of sp³-hybridized carbons (Fsp3) is 0.462. The molecule has 98 valence electrons. The van der Waals surface area contributed by atoms with E-state index in [0.29, 0.717) is 5.91 Å². The van der Waals surface area contributed by atoms with Crippen molar-refractivity contribution in [1.29, 1.82) is 0 Å². The zero-order chi connectivity index (χ0) is 11.8. The number of nitrogens with one attached hydrogen (secondary N) is 1. The van der Waals surface area contributed by atoms with E-state index in [9.17, 15) is 4.79 Å². The van der Waals surface area contributed by atoms with Gasteiger partial charge in [-0.2, -0.15) is 0 Å². The minimum absolute atomic E-state index is 0. The number of fused-ring (bicyclic) bond motifs is 1. The molecule has 0 spiro atoms. The third-order valence-electron chi connectivity index (χ3n) is 3.66. The summed E-state index contributed by atoms with van der Waals surface area (Å²) < 4.78 is 1.12. The summed E-state index contributed by atoms with van der Waals surface area (Å²) in [6.45, 7) is 3.31. The highest BCUT2D eigenvalue weighted by atomic mass is 79.9. The molecule has 18 heavy (non-hydrogen) atoms. The van der Waals surface area contributed by atoms with Crippen LogP contribution in [0.2, 0.25) is 0 Å². The first-order valence-corrected chi connectivity index (χ1v) is 6.81. The molecule has 1 N–H and O–H groups in total. The molecule has 1 saturated heterocycles. The first-order valence-electron chi connectivity index (χ1n) is 6.01. The van der Waals surface area contributed by atoms with Crippen LogP contribution in [0.1, 0.15) is 11.1 Å². The lowest BCUT2D eigenvalue weighted by Crippen LogP contribution is -2.52. The second kappa shape index (κ2) is 5.59. The zero-order valence-corrected chi connectivity index (χ0v) is 12.4. The minimum Gasteiger partial charge on any atom is -0.338 e. The Morgan fingerprint density at radius 2 is 2.17 bits per heavy atom. The molecule has 1 aromatic carbocycles. The van der Waals surface area contributed by atoms with Gasteiger partial charge < -0.3 is 10.2 Å². The summed E-state index contributed by atoms with van der Waals surface area (Å²) in [7, 11) is 0. The largest absolute Gasteiger partial charge is 0.338 e. The number of halogens is 2. The van der Waals surface area contributed by atoms with Gasteiger partial charge in [-0.15, -0.1) is 12.4 Å². The van der Waals surface area contributed by atoms with Crippen LogP contribution < -0.4 is 5.32 Å². The number of carbonyl (C=O) groups excluding carboxylic acids is 1. The van der Waals surface area contributed by atoms with Gasteiger partial charge in [-0.25, -0.2) is 0 Å². The van der Waals surface area contributed by atoms with E-state index in [4.69, 9.17) is 0 Å². The quantitative estimate of drug-likeness (QED) is 0.853. The van der Waals surface area contributed by atoms with Crippen LogP contribution in [0.4, 0.5) is 0 Å². The number of benzene rings is 1. The van der Waals surface area contributed by atoms with Crippen LogP contribution in [0.5, 0.6) is 0 Å². The van der Waals surface area contributed by atoms with Crippen molar-refractivity contribution in [3.05, 3.63) is 33.8 Å². The molecule has 2 aliphatic heterocycles. The molecule has 1 fully saturated rings. The summed E-state index contributed by atoms with van der Waals surface area (Å²) in [4.78, 5) is 14.2. The Labute approximate surface area is 121 Å². The topological polar surface area (TPSA) is 32.3 Å². The van der Waals surface area contributed by atoms with Gasteiger partial charge in [0.25, 0.3) is 0 Å². The first-order chi connectivity index (χ1) is 8.25. The summed E-state index contributed by atoms with van der Waals surface area (Å²) in [5.41, 5.74) is 2.65. The maximum Gasteiger partial charge on any atom is 0.228 e. The molecule has 3 nitrogen and oxygen atoms in total. The van der Waals surface area contributed by atoms with E-state index in [1.807, 2.05) is 4.90 Å². The van der Waals surface area contributed by atoms with Gasteiger partial charge >= 0.3 is 0 Å². The number of hydrogen-bond acceptors (Lipinski definition) is 2. The minimum atomic E-state index is 0. The molecule has 2 heterocycles. The molecule has 0 aliphatic carbocycles. The predicted molar refractivity (Wildman–Crippen MR) is 76.9 cm³/mol. The van der Waals surface area contributed by atoms with E-state index < -0.39 is 0 Å². The van der Waals surface area contributed by atoms with Crippen molar-refractivity contribution in [2.75, 3.05) is 19.6 Å².